The van der Waals surface area contributed by atoms with E-state index in [-0.39, 0.29) is 12.1 Å². The Hall–Kier alpha value is -0.510. The largest absolute Gasteiger partial charge is 0.394 e. The number of nitrogens with one attached hydrogen (secondary N) is 1. The van der Waals surface area contributed by atoms with Gasteiger partial charge in [-0.2, -0.15) is 0 Å². The van der Waals surface area contributed by atoms with Crippen molar-refractivity contribution in [2.75, 3.05) is 13.2 Å². The molecular formula is C13H17NOS. The molecule has 0 spiro atoms. The molecule has 1 atom stereocenters. The molecule has 2 N–H and O–H groups in total. The molecule has 1 saturated carbocycles. The fourth-order valence-electron chi connectivity index (χ4n) is 2.24. The van der Waals surface area contributed by atoms with E-state index in [1.54, 1.807) is 0 Å². The average Bonchev–Trinajstić information content (AvgIpc) is 2.98. The van der Waals surface area contributed by atoms with Gasteiger partial charge in [0.05, 0.1) is 6.61 Å². The molecule has 1 aromatic carbocycles. The summed E-state index contributed by atoms with van der Waals surface area (Å²) in [7, 11) is 0. The zero-order valence-electron chi connectivity index (χ0n) is 9.28. The molecule has 0 saturated heterocycles. The molecule has 2 aliphatic rings. The van der Waals surface area contributed by atoms with Gasteiger partial charge < -0.3 is 10.4 Å². The molecule has 1 aliphatic carbocycles. The van der Waals surface area contributed by atoms with Crippen molar-refractivity contribution in [1.82, 2.24) is 5.32 Å². The summed E-state index contributed by atoms with van der Waals surface area (Å²) in [6.45, 7) is 1.30. The SMILES string of the molecule is OCC1(NCC2Cc3ccccc3S2)CC1. The van der Waals surface area contributed by atoms with Crippen LogP contribution < -0.4 is 5.32 Å². The van der Waals surface area contributed by atoms with Crippen LogP contribution in [0.4, 0.5) is 0 Å². The molecule has 2 nitrogen and oxygen atoms in total. The smallest absolute Gasteiger partial charge is 0.0613 e. The first-order chi connectivity index (χ1) is 7.81. The van der Waals surface area contributed by atoms with Crippen molar-refractivity contribution in [3.8, 4) is 0 Å². The molecular weight excluding hydrogens is 218 g/mol. The second-order valence-electron chi connectivity index (χ2n) is 4.87. The van der Waals surface area contributed by atoms with E-state index in [4.69, 9.17) is 0 Å². The van der Waals surface area contributed by atoms with E-state index in [0.29, 0.717) is 5.25 Å². The summed E-state index contributed by atoms with van der Waals surface area (Å²) < 4.78 is 0. The fraction of sp³-hybridized carbons (Fsp3) is 0.538. The topological polar surface area (TPSA) is 32.3 Å². The molecule has 1 aliphatic heterocycles. The van der Waals surface area contributed by atoms with Crippen LogP contribution in [-0.4, -0.2) is 29.0 Å². The molecule has 1 unspecified atom stereocenters. The van der Waals surface area contributed by atoms with Gasteiger partial charge >= 0.3 is 0 Å². The Bertz CT molecular complexity index is 364. The molecule has 1 fully saturated rings. The Morgan fingerprint density at radius 2 is 2.19 bits per heavy atom. The number of benzene rings is 1. The monoisotopic (exact) mass is 235 g/mol. The minimum Gasteiger partial charge on any atom is -0.394 e. The summed E-state index contributed by atoms with van der Waals surface area (Å²) in [6.07, 6.45) is 3.43. The number of rotatable bonds is 4. The van der Waals surface area contributed by atoms with Crippen molar-refractivity contribution in [3.63, 3.8) is 0 Å². The molecule has 0 amide bonds. The molecule has 3 rings (SSSR count). The van der Waals surface area contributed by atoms with Gasteiger partial charge in [-0.15, -0.1) is 11.8 Å². The summed E-state index contributed by atoms with van der Waals surface area (Å²) in [5.74, 6) is 0. The lowest BCUT2D eigenvalue weighted by Gasteiger charge is -2.17. The molecule has 86 valence electrons. The van der Waals surface area contributed by atoms with Crippen molar-refractivity contribution in [2.24, 2.45) is 0 Å². The van der Waals surface area contributed by atoms with E-state index in [1.807, 2.05) is 11.8 Å². The maximum atomic E-state index is 9.23. The second kappa shape index (κ2) is 4.06. The molecule has 1 aromatic rings. The van der Waals surface area contributed by atoms with E-state index in [2.05, 4.69) is 29.6 Å². The van der Waals surface area contributed by atoms with Gasteiger partial charge in [-0.3, -0.25) is 0 Å². The highest BCUT2D eigenvalue weighted by atomic mass is 32.2. The maximum Gasteiger partial charge on any atom is 0.0613 e. The molecule has 0 aromatic heterocycles. The summed E-state index contributed by atoms with van der Waals surface area (Å²) in [5, 5.41) is 13.4. The number of hydrogen-bond donors (Lipinski definition) is 2. The van der Waals surface area contributed by atoms with E-state index in [9.17, 15) is 5.11 Å². The van der Waals surface area contributed by atoms with Crippen LogP contribution in [0, 0.1) is 0 Å². The highest BCUT2D eigenvalue weighted by Gasteiger charge is 2.42. The summed E-state index contributed by atoms with van der Waals surface area (Å²) >= 11 is 1.97. The maximum absolute atomic E-state index is 9.23. The molecule has 16 heavy (non-hydrogen) atoms. The molecule has 1 heterocycles. The van der Waals surface area contributed by atoms with Gasteiger partial charge in [0.15, 0.2) is 0 Å². The standard InChI is InChI=1S/C13H17NOS/c15-9-13(5-6-13)14-8-11-7-10-3-1-2-4-12(10)16-11/h1-4,11,14-15H,5-9H2. The van der Waals surface area contributed by atoms with Gasteiger partial charge in [0.2, 0.25) is 0 Å². The fourth-order valence-corrected chi connectivity index (χ4v) is 3.49. The van der Waals surface area contributed by atoms with Crippen molar-refractivity contribution in [3.05, 3.63) is 29.8 Å². The summed E-state index contributed by atoms with van der Waals surface area (Å²) in [4.78, 5) is 1.43. The minimum absolute atomic E-state index is 0.0787. The van der Waals surface area contributed by atoms with E-state index in [1.165, 1.54) is 10.5 Å². The molecule has 0 radical (unpaired) electrons. The lowest BCUT2D eigenvalue weighted by molar-refractivity contribution is 0.231. The van der Waals surface area contributed by atoms with Crippen LogP contribution in [0.15, 0.2) is 29.2 Å². The van der Waals surface area contributed by atoms with E-state index in [0.717, 1.165) is 25.8 Å². The quantitative estimate of drug-likeness (QED) is 0.835. The van der Waals surface area contributed by atoms with Crippen molar-refractivity contribution >= 4 is 11.8 Å². The number of aliphatic hydroxyl groups is 1. The highest BCUT2D eigenvalue weighted by Crippen LogP contribution is 2.38. The van der Waals surface area contributed by atoms with Crippen LogP contribution in [0.3, 0.4) is 0 Å². The number of fused-ring (bicyclic) bond motifs is 1. The van der Waals surface area contributed by atoms with Crippen molar-refractivity contribution in [2.45, 2.75) is 34.9 Å². The van der Waals surface area contributed by atoms with Crippen LogP contribution in [0.5, 0.6) is 0 Å². The van der Waals surface area contributed by atoms with Gasteiger partial charge in [-0.05, 0) is 30.9 Å². The van der Waals surface area contributed by atoms with Gasteiger partial charge in [0.25, 0.3) is 0 Å². The predicted molar refractivity (Wildman–Crippen MR) is 66.8 cm³/mol. The van der Waals surface area contributed by atoms with Crippen LogP contribution in [0.2, 0.25) is 0 Å². The van der Waals surface area contributed by atoms with Crippen molar-refractivity contribution < 1.29 is 5.11 Å². The number of hydrogen-bond acceptors (Lipinski definition) is 3. The second-order valence-corrected chi connectivity index (χ2v) is 6.21. The Morgan fingerprint density at radius 1 is 1.38 bits per heavy atom. The third-order valence-corrected chi connectivity index (χ3v) is 4.89. The van der Waals surface area contributed by atoms with Crippen molar-refractivity contribution in [1.29, 1.82) is 0 Å². The average molecular weight is 235 g/mol. The van der Waals surface area contributed by atoms with Gasteiger partial charge in [-0.1, -0.05) is 18.2 Å². The van der Waals surface area contributed by atoms with Crippen LogP contribution in [-0.2, 0) is 6.42 Å². The highest BCUT2D eigenvalue weighted by molar-refractivity contribution is 8.00. The predicted octanol–water partition coefficient (Wildman–Crippen LogP) is 1.82. The van der Waals surface area contributed by atoms with Gasteiger partial charge in [-0.25, -0.2) is 0 Å². The third-order valence-electron chi connectivity index (χ3n) is 3.57. The zero-order valence-corrected chi connectivity index (χ0v) is 10.1. The number of thioether (sulfide) groups is 1. The normalized spacial score (nSPS) is 25.4. The third kappa shape index (κ3) is 1.99. The van der Waals surface area contributed by atoms with E-state index >= 15 is 0 Å². The first-order valence-corrected chi connectivity index (χ1v) is 6.80. The Labute approximate surface area is 100 Å². The zero-order chi connectivity index (χ0) is 11.0. The van der Waals surface area contributed by atoms with Crippen LogP contribution >= 0.6 is 11.8 Å². The Balaban J connectivity index is 1.56. The molecule has 0 bridgehead atoms. The van der Waals surface area contributed by atoms with Gasteiger partial charge in [0, 0.05) is 22.2 Å². The summed E-state index contributed by atoms with van der Waals surface area (Å²) in [6, 6.07) is 8.66. The van der Waals surface area contributed by atoms with Gasteiger partial charge in [0.1, 0.15) is 0 Å². The first kappa shape index (κ1) is 10.6. The summed E-state index contributed by atoms with van der Waals surface area (Å²) in [5.41, 5.74) is 1.56. The lowest BCUT2D eigenvalue weighted by atomic mass is 10.1. The Kier molecular flexibility index (Phi) is 2.70. The Morgan fingerprint density at radius 3 is 2.88 bits per heavy atom. The van der Waals surface area contributed by atoms with Crippen LogP contribution in [0.1, 0.15) is 18.4 Å². The van der Waals surface area contributed by atoms with E-state index < -0.39 is 0 Å². The molecule has 3 heteroatoms. The number of aliphatic hydroxyl groups excluding tert-OH is 1. The lowest BCUT2D eigenvalue weighted by Crippen LogP contribution is -2.39. The first-order valence-electron chi connectivity index (χ1n) is 5.92. The van der Waals surface area contributed by atoms with Crippen LogP contribution in [0.25, 0.3) is 0 Å². The minimum atomic E-state index is 0.0787.